The van der Waals surface area contributed by atoms with Crippen molar-refractivity contribution >= 4 is 41.3 Å². The molecule has 7 heteroatoms. The van der Waals surface area contributed by atoms with Crippen LogP contribution in [0.2, 0.25) is 0 Å². The van der Waals surface area contributed by atoms with Crippen LogP contribution in [0.15, 0.2) is 29.4 Å². The van der Waals surface area contributed by atoms with Crippen molar-refractivity contribution in [1.29, 1.82) is 0 Å². The molecule has 0 aliphatic carbocycles. The van der Waals surface area contributed by atoms with E-state index in [2.05, 4.69) is 59.6 Å². The lowest BCUT2D eigenvalue weighted by Crippen LogP contribution is -2.36. The molecule has 0 atom stereocenters. The highest BCUT2D eigenvalue weighted by Gasteiger charge is 2.05. The average Bonchev–Trinajstić information content (AvgIpc) is 2.97. The second-order valence-electron chi connectivity index (χ2n) is 5.46. The van der Waals surface area contributed by atoms with Gasteiger partial charge in [0.25, 0.3) is 0 Å². The van der Waals surface area contributed by atoms with Crippen molar-refractivity contribution in [2.45, 2.75) is 40.8 Å². The molecular weight excluding hydrogens is 447 g/mol. The molecule has 1 aromatic heterocycles. The van der Waals surface area contributed by atoms with E-state index in [9.17, 15) is 0 Å². The van der Waals surface area contributed by atoms with E-state index in [1.165, 1.54) is 10.4 Å². The number of nitrogens with zero attached hydrogens (tertiary/aromatic N) is 2. The molecule has 0 unspecified atom stereocenters. The lowest BCUT2D eigenvalue weighted by Gasteiger charge is -2.12. The summed E-state index contributed by atoms with van der Waals surface area (Å²) < 4.78 is 5.72. The molecule has 0 bridgehead atoms. The third-order valence-electron chi connectivity index (χ3n) is 3.35. The first-order valence-electron chi connectivity index (χ1n) is 8.28. The van der Waals surface area contributed by atoms with Crippen molar-refractivity contribution in [2.24, 2.45) is 4.99 Å². The van der Waals surface area contributed by atoms with E-state index < -0.39 is 0 Å². The molecule has 0 saturated carbocycles. The van der Waals surface area contributed by atoms with Gasteiger partial charge in [0.1, 0.15) is 10.8 Å². The molecule has 5 nitrogen and oxygen atoms in total. The number of ether oxygens (including phenoxy) is 1. The maximum Gasteiger partial charge on any atom is 0.191 e. The highest BCUT2D eigenvalue weighted by Crippen LogP contribution is 2.21. The number of nitrogens with one attached hydrogen (secondary N) is 2. The van der Waals surface area contributed by atoms with Crippen LogP contribution in [0.25, 0.3) is 0 Å². The Bertz CT molecular complexity index is 687. The third-order valence-corrected chi connectivity index (χ3v) is 4.26. The highest BCUT2D eigenvalue weighted by atomic mass is 127. The molecule has 1 heterocycles. The summed E-state index contributed by atoms with van der Waals surface area (Å²) in [5.74, 6) is 1.70. The summed E-state index contributed by atoms with van der Waals surface area (Å²) in [6.45, 7) is 10.9. The van der Waals surface area contributed by atoms with Crippen LogP contribution in [-0.4, -0.2) is 24.1 Å². The molecule has 0 aliphatic rings. The van der Waals surface area contributed by atoms with Gasteiger partial charge in [0.2, 0.25) is 0 Å². The minimum absolute atomic E-state index is 0. The van der Waals surface area contributed by atoms with Gasteiger partial charge in [-0.15, -0.1) is 35.3 Å². The van der Waals surface area contributed by atoms with Crippen LogP contribution in [0, 0.1) is 13.8 Å². The van der Waals surface area contributed by atoms with E-state index >= 15 is 0 Å². The molecule has 1 aromatic carbocycles. The molecule has 138 valence electrons. The van der Waals surface area contributed by atoms with Gasteiger partial charge in [0.05, 0.1) is 19.7 Å². The summed E-state index contributed by atoms with van der Waals surface area (Å²) in [4.78, 5) is 10.3. The number of hydrogen-bond acceptors (Lipinski definition) is 4. The molecule has 0 aliphatic heterocycles. The molecule has 0 spiro atoms. The molecule has 0 radical (unpaired) electrons. The van der Waals surface area contributed by atoms with Crippen molar-refractivity contribution in [2.75, 3.05) is 13.2 Å². The van der Waals surface area contributed by atoms with Crippen LogP contribution >= 0.6 is 35.3 Å². The number of aryl methyl sites for hydroxylation is 2. The predicted octanol–water partition coefficient (Wildman–Crippen LogP) is 4.03. The summed E-state index contributed by atoms with van der Waals surface area (Å²) >= 11 is 1.70. The Morgan fingerprint density at radius 1 is 1.24 bits per heavy atom. The zero-order valence-corrected chi connectivity index (χ0v) is 18.4. The number of benzene rings is 1. The van der Waals surface area contributed by atoms with Crippen LogP contribution in [0.1, 0.15) is 34.9 Å². The second-order valence-corrected chi connectivity index (χ2v) is 6.78. The van der Waals surface area contributed by atoms with E-state index in [0.29, 0.717) is 19.7 Å². The predicted molar refractivity (Wildman–Crippen MR) is 116 cm³/mol. The largest absolute Gasteiger partial charge is 0.494 e. The standard InChI is InChI=1S/C18H26N4OS.HI/c1-5-19-18(22-12-17-20-10-14(4)24-17)21-11-15-8-7-13(3)9-16(15)23-6-2;/h7-10H,5-6,11-12H2,1-4H3,(H2,19,21,22);1H. The Morgan fingerprint density at radius 3 is 2.68 bits per heavy atom. The first-order valence-corrected chi connectivity index (χ1v) is 9.09. The summed E-state index contributed by atoms with van der Waals surface area (Å²) in [6, 6.07) is 6.23. The fourth-order valence-electron chi connectivity index (χ4n) is 2.23. The van der Waals surface area contributed by atoms with Gasteiger partial charge in [-0.1, -0.05) is 12.1 Å². The van der Waals surface area contributed by atoms with E-state index in [-0.39, 0.29) is 24.0 Å². The van der Waals surface area contributed by atoms with Crippen molar-refractivity contribution < 1.29 is 4.74 Å². The van der Waals surface area contributed by atoms with Gasteiger partial charge < -0.3 is 15.4 Å². The Morgan fingerprint density at radius 2 is 2.04 bits per heavy atom. The van der Waals surface area contributed by atoms with Crippen LogP contribution < -0.4 is 15.4 Å². The van der Waals surface area contributed by atoms with E-state index in [1.54, 1.807) is 11.3 Å². The monoisotopic (exact) mass is 474 g/mol. The number of aliphatic imine (C=N–C) groups is 1. The van der Waals surface area contributed by atoms with E-state index in [1.807, 2.05) is 13.1 Å². The minimum Gasteiger partial charge on any atom is -0.494 e. The van der Waals surface area contributed by atoms with Gasteiger partial charge in [-0.3, -0.25) is 0 Å². The lowest BCUT2D eigenvalue weighted by atomic mass is 10.1. The van der Waals surface area contributed by atoms with Gasteiger partial charge in [0.15, 0.2) is 5.96 Å². The van der Waals surface area contributed by atoms with Crippen LogP contribution in [0.5, 0.6) is 5.75 Å². The first kappa shape index (κ1) is 21.7. The van der Waals surface area contributed by atoms with Crippen molar-refractivity contribution in [1.82, 2.24) is 15.6 Å². The normalized spacial score (nSPS) is 11.0. The van der Waals surface area contributed by atoms with Gasteiger partial charge >= 0.3 is 0 Å². The summed E-state index contributed by atoms with van der Waals surface area (Å²) in [5, 5.41) is 7.66. The first-order chi connectivity index (χ1) is 11.6. The number of guanidine groups is 1. The lowest BCUT2D eigenvalue weighted by molar-refractivity contribution is 0.336. The highest BCUT2D eigenvalue weighted by molar-refractivity contribution is 14.0. The molecule has 0 fully saturated rings. The summed E-state index contributed by atoms with van der Waals surface area (Å²) in [7, 11) is 0. The molecule has 2 aromatic rings. The topological polar surface area (TPSA) is 58.5 Å². The summed E-state index contributed by atoms with van der Waals surface area (Å²) in [6.07, 6.45) is 1.90. The number of thiazole rings is 1. The molecule has 0 saturated heterocycles. The Labute approximate surface area is 171 Å². The van der Waals surface area contributed by atoms with Crippen molar-refractivity contribution in [3.63, 3.8) is 0 Å². The fourth-order valence-corrected chi connectivity index (χ4v) is 2.96. The zero-order valence-electron chi connectivity index (χ0n) is 15.3. The van der Waals surface area contributed by atoms with Gasteiger partial charge in [0, 0.05) is 23.2 Å². The molecule has 25 heavy (non-hydrogen) atoms. The minimum atomic E-state index is 0. The third kappa shape index (κ3) is 7.19. The van der Waals surface area contributed by atoms with Gasteiger partial charge in [-0.25, -0.2) is 9.98 Å². The maximum absolute atomic E-state index is 5.72. The fraction of sp³-hybridized carbons (Fsp3) is 0.444. The Hall–Kier alpha value is -1.35. The SMILES string of the molecule is CCNC(=NCc1ccc(C)cc1OCC)NCc1ncc(C)s1.I. The van der Waals surface area contributed by atoms with Crippen LogP contribution in [0.3, 0.4) is 0 Å². The van der Waals surface area contributed by atoms with Gasteiger partial charge in [-0.2, -0.15) is 0 Å². The molecule has 2 N–H and O–H groups in total. The van der Waals surface area contributed by atoms with E-state index in [4.69, 9.17) is 4.74 Å². The maximum atomic E-state index is 5.72. The van der Waals surface area contributed by atoms with Crippen molar-refractivity contribution in [3.05, 3.63) is 45.4 Å². The Balaban J connectivity index is 0.00000312. The van der Waals surface area contributed by atoms with Gasteiger partial charge in [-0.05, 0) is 39.3 Å². The number of hydrogen-bond donors (Lipinski definition) is 2. The Kier molecular flexibility index (Phi) is 9.81. The second kappa shape index (κ2) is 11.3. The molecular formula is C18H27IN4OS. The van der Waals surface area contributed by atoms with Crippen molar-refractivity contribution in [3.8, 4) is 5.75 Å². The smallest absolute Gasteiger partial charge is 0.191 e. The van der Waals surface area contributed by atoms with Crippen LogP contribution in [0.4, 0.5) is 0 Å². The number of halogens is 1. The number of aromatic nitrogens is 1. The van der Waals surface area contributed by atoms with Crippen LogP contribution in [-0.2, 0) is 13.1 Å². The molecule has 2 rings (SSSR count). The van der Waals surface area contributed by atoms with E-state index in [0.717, 1.165) is 28.8 Å². The molecule has 0 amide bonds. The quantitative estimate of drug-likeness (QED) is 0.362. The number of rotatable bonds is 7. The average molecular weight is 474 g/mol. The summed E-state index contributed by atoms with van der Waals surface area (Å²) in [5.41, 5.74) is 2.28. The zero-order chi connectivity index (χ0) is 17.4.